The van der Waals surface area contributed by atoms with Gasteiger partial charge < -0.3 is 9.84 Å². The van der Waals surface area contributed by atoms with Gasteiger partial charge in [0.05, 0.1) is 12.3 Å². The van der Waals surface area contributed by atoms with Crippen LogP contribution in [-0.4, -0.2) is 28.3 Å². The molecule has 0 aromatic carbocycles. The van der Waals surface area contributed by atoms with Crippen LogP contribution in [0, 0.1) is 13.0 Å². The monoisotopic (exact) mass is 167 g/mol. The Labute approximate surface area is 71.2 Å². The molecule has 1 aromatic rings. The highest BCUT2D eigenvalue weighted by molar-refractivity contribution is 5.01. The highest BCUT2D eigenvalue weighted by Gasteiger charge is 1.95. The molecule has 0 spiro atoms. The lowest BCUT2D eigenvalue weighted by molar-refractivity contribution is 0.224. The molecule has 0 unspecified atom stereocenters. The van der Waals surface area contributed by atoms with Crippen LogP contribution >= 0.6 is 0 Å². The van der Waals surface area contributed by atoms with Gasteiger partial charge in [-0.3, -0.25) is 0 Å². The molecule has 65 valence electrons. The van der Waals surface area contributed by atoms with Crippen LogP contribution in [0.3, 0.4) is 0 Å². The number of hydrogen-bond donors (Lipinski definition) is 1. The first-order valence-electron chi connectivity index (χ1n) is 3.78. The van der Waals surface area contributed by atoms with Crippen molar-refractivity contribution >= 4 is 0 Å². The summed E-state index contributed by atoms with van der Waals surface area (Å²) in [6.45, 7) is 2.39. The maximum atomic E-state index is 8.47. The van der Waals surface area contributed by atoms with E-state index in [-0.39, 0.29) is 6.61 Å². The Balaban J connectivity index is 2.41. The molecule has 0 aliphatic rings. The SMILES string of the molecule is Cc1[c]cnc(OCCCO)n1. The molecule has 0 saturated carbocycles. The molecule has 4 heteroatoms. The Bertz CT molecular complexity index is 240. The van der Waals surface area contributed by atoms with Gasteiger partial charge in [-0.25, -0.2) is 4.98 Å². The summed E-state index contributed by atoms with van der Waals surface area (Å²) in [4.78, 5) is 7.82. The van der Waals surface area contributed by atoms with Gasteiger partial charge in [0.2, 0.25) is 0 Å². The average Bonchev–Trinajstić information content (AvgIpc) is 2.05. The lowest BCUT2D eigenvalue weighted by atomic mass is 10.5. The minimum Gasteiger partial charge on any atom is -0.463 e. The van der Waals surface area contributed by atoms with E-state index in [1.807, 2.05) is 6.92 Å². The van der Waals surface area contributed by atoms with Crippen LogP contribution in [-0.2, 0) is 0 Å². The number of aryl methyl sites for hydroxylation is 1. The fourth-order valence-electron chi connectivity index (χ4n) is 0.683. The van der Waals surface area contributed by atoms with Crippen molar-refractivity contribution in [3.05, 3.63) is 18.0 Å². The van der Waals surface area contributed by atoms with Crippen LogP contribution in [0.5, 0.6) is 6.01 Å². The molecule has 1 rings (SSSR count). The third-order valence-electron chi connectivity index (χ3n) is 1.25. The number of ether oxygens (including phenoxy) is 1. The summed E-state index contributed by atoms with van der Waals surface area (Å²) in [5.74, 6) is 0. The number of hydrogen-bond acceptors (Lipinski definition) is 4. The number of rotatable bonds is 4. The lowest BCUT2D eigenvalue weighted by Gasteiger charge is -2.01. The summed E-state index contributed by atoms with van der Waals surface area (Å²) in [6.07, 6.45) is 2.12. The van der Waals surface area contributed by atoms with Crippen LogP contribution in [0.25, 0.3) is 0 Å². The van der Waals surface area contributed by atoms with Crippen LogP contribution in [0.1, 0.15) is 12.1 Å². The van der Waals surface area contributed by atoms with Gasteiger partial charge in [0.15, 0.2) is 0 Å². The van der Waals surface area contributed by atoms with Gasteiger partial charge in [-0.15, -0.1) is 0 Å². The van der Waals surface area contributed by atoms with Crippen LogP contribution in [0.15, 0.2) is 6.20 Å². The molecule has 0 aliphatic carbocycles. The molecule has 0 atom stereocenters. The fraction of sp³-hybridized carbons (Fsp3) is 0.500. The summed E-state index contributed by atoms with van der Waals surface area (Å²) < 4.78 is 5.12. The fourth-order valence-corrected chi connectivity index (χ4v) is 0.683. The molecule has 1 heterocycles. The maximum Gasteiger partial charge on any atom is 0.316 e. The quantitative estimate of drug-likeness (QED) is 0.657. The van der Waals surface area contributed by atoms with E-state index in [9.17, 15) is 0 Å². The van der Waals surface area contributed by atoms with E-state index in [0.717, 1.165) is 5.69 Å². The number of aliphatic hydroxyl groups excluding tert-OH is 1. The van der Waals surface area contributed by atoms with Gasteiger partial charge in [-0.05, 0) is 6.92 Å². The van der Waals surface area contributed by atoms with Crippen LogP contribution in [0.2, 0.25) is 0 Å². The molecular weight excluding hydrogens is 156 g/mol. The van der Waals surface area contributed by atoms with E-state index < -0.39 is 0 Å². The van der Waals surface area contributed by atoms with E-state index in [2.05, 4.69) is 16.0 Å². The largest absolute Gasteiger partial charge is 0.463 e. The maximum absolute atomic E-state index is 8.47. The topological polar surface area (TPSA) is 55.2 Å². The number of nitrogens with zero attached hydrogens (tertiary/aromatic N) is 2. The highest BCUT2D eigenvalue weighted by Crippen LogP contribution is 2.00. The van der Waals surface area contributed by atoms with Gasteiger partial charge in [0.1, 0.15) is 0 Å². The third kappa shape index (κ3) is 2.84. The van der Waals surface area contributed by atoms with Crippen molar-refractivity contribution in [1.82, 2.24) is 9.97 Å². The first kappa shape index (κ1) is 8.93. The zero-order valence-electron chi connectivity index (χ0n) is 6.95. The molecule has 1 N–H and O–H groups in total. The van der Waals surface area contributed by atoms with E-state index in [1.54, 1.807) is 0 Å². The summed E-state index contributed by atoms with van der Waals surface area (Å²) in [6, 6.07) is 3.16. The molecule has 0 bridgehead atoms. The highest BCUT2D eigenvalue weighted by atomic mass is 16.5. The minimum absolute atomic E-state index is 0.123. The van der Waals surface area contributed by atoms with Gasteiger partial charge in [0.25, 0.3) is 0 Å². The van der Waals surface area contributed by atoms with E-state index >= 15 is 0 Å². The minimum atomic E-state index is 0.123. The van der Waals surface area contributed by atoms with Gasteiger partial charge in [-0.2, -0.15) is 4.98 Å². The Morgan fingerprint density at radius 1 is 1.67 bits per heavy atom. The lowest BCUT2D eigenvalue weighted by Crippen LogP contribution is -2.03. The summed E-state index contributed by atoms with van der Waals surface area (Å²) in [5.41, 5.74) is 0.754. The van der Waals surface area contributed by atoms with Crippen molar-refractivity contribution in [2.24, 2.45) is 0 Å². The van der Waals surface area contributed by atoms with Crippen molar-refractivity contribution in [3.63, 3.8) is 0 Å². The van der Waals surface area contributed by atoms with Crippen molar-refractivity contribution in [1.29, 1.82) is 0 Å². The normalized spacial score (nSPS) is 9.83. The molecular formula is C8H11N2O2. The van der Waals surface area contributed by atoms with Crippen molar-refractivity contribution in [3.8, 4) is 6.01 Å². The molecule has 0 amide bonds. The summed E-state index contributed by atoms with van der Waals surface area (Å²) >= 11 is 0. The summed E-state index contributed by atoms with van der Waals surface area (Å²) in [7, 11) is 0. The average molecular weight is 167 g/mol. The number of aliphatic hydroxyl groups is 1. The second kappa shape index (κ2) is 4.66. The first-order valence-corrected chi connectivity index (χ1v) is 3.78. The Morgan fingerprint density at radius 2 is 2.50 bits per heavy atom. The Hall–Kier alpha value is -1.16. The summed E-state index contributed by atoms with van der Waals surface area (Å²) in [5, 5.41) is 8.47. The molecule has 1 aromatic heterocycles. The Morgan fingerprint density at radius 3 is 3.17 bits per heavy atom. The predicted molar refractivity (Wildman–Crippen MR) is 42.8 cm³/mol. The number of aromatic nitrogens is 2. The zero-order chi connectivity index (χ0) is 8.81. The van der Waals surface area contributed by atoms with Crippen LogP contribution < -0.4 is 4.74 Å². The zero-order valence-corrected chi connectivity index (χ0v) is 6.95. The molecule has 12 heavy (non-hydrogen) atoms. The molecule has 0 fully saturated rings. The standard InChI is InChI=1S/C8H11N2O2/c1-7-3-4-9-8(10-7)12-6-2-5-11/h4,11H,2,5-6H2,1H3. The van der Waals surface area contributed by atoms with Gasteiger partial charge in [0, 0.05) is 25.3 Å². The molecule has 1 radical (unpaired) electrons. The van der Waals surface area contributed by atoms with E-state index in [1.165, 1.54) is 6.20 Å². The Kier molecular flexibility index (Phi) is 3.47. The van der Waals surface area contributed by atoms with E-state index in [4.69, 9.17) is 9.84 Å². The second-order valence-electron chi connectivity index (χ2n) is 2.31. The van der Waals surface area contributed by atoms with E-state index in [0.29, 0.717) is 19.0 Å². The third-order valence-corrected chi connectivity index (χ3v) is 1.25. The molecule has 0 aliphatic heterocycles. The first-order chi connectivity index (χ1) is 5.83. The van der Waals surface area contributed by atoms with Crippen molar-refractivity contribution < 1.29 is 9.84 Å². The molecule has 4 nitrogen and oxygen atoms in total. The predicted octanol–water partition coefficient (Wildman–Crippen LogP) is 0.346. The van der Waals surface area contributed by atoms with Crippen molar-refractivity contribution in [2.45, 2.75) is 13.3 Å². The van der Waals surface area contributed by atoms with Gasteiger partial charge >= 0.3 is 6.01 Å². The van der Waals surface area contributed by atoms with Crippen LogP contribution in [0.4, 0.5) is 0 Å². The second-order valence-corrected chi connectivity index (χ2v) is 2.31. The molecule has 0 saturated heterocycles. The van der Waals surface area contributed by atoms with Crippen molar-refractivity contribution in [2.75, 3.05) is 13.2 Å². The van der Waals surface area contributed by atoms with Gasteiger partial charge in [-0.1, -0.05) is 0 Å². The smallest absolute Gasteiger partial charge is 0.316 e.